The first kappa shape index (κ1) is 16.1. The van der Waals surface area contributed by atoms with Crippen molar-refractivity contribution >= 4 is 0 Å². The van der Waals surface area contributed by atoms with E-state index in [0.717, 1.165) is 38.5 Å². The number of aryl methyl sites for hydroxylation is 1. The van der Waals surface area contributed by atoms with E-state index in [4.69, 9.17) is 4.52 Å². The summed E-state index contributed by atoms with van der Waals surface area (Å²) in [5.41, 5.74) is 0. The van der Waals surface area contributed by atoms with Crippen molar-refractivity contribution in [2.75, 3.05) is 26.7 Å². The van der Waals surface area contributed by atoms with Crippen LogP contribution in [0, 0.1) is 12.8 Å². The van der Waals surface area contributed by atoms with Crippen LogP contribution >= 0.6 is 0 Å². The molecule has 1 aliphatic heterocycles. The van der Waals surface area contributed by atoms with Gasteiger partial charge in [-0.25, -0.2) is 9.67 Å². The van der Waals surface area contributed by atoms with Crippen molar-refractivity contribution in [1.82, 2.24) is 34.7 Å². The minimum Gasteiger partial charge on any atom is -0.338 e. The molecule has 0 saturated carbocycles. The maximum absolute atomic E-state index is 5.37. The Morgan fingerprint density at radius 2 is 2.17 bits per heavy atom. The largest absolute Gasteiger partial charge is 0.338 e. The lowest BCUT2D eigenvalue weighted by atomic mass is 10.1. The fourth-order valence-corrected chi connectivity index (χ4v) is 2.90. The quantitative estimate of drug-likeness (QED) is 0.817. The maximum atomic E-state index is 5.37. The fraction of sp³-hybridized carbons (Fsp3) is 0.733. The lowest BCUT2D eigenvalue weighted by Crippen LogP contribution is -2.46. The van der Waals surface area contributed by atoms with E-state index in [1.165, 1.54) is 0 Å². The molecule has 1 saturated heterocycles. The van der Waals surface area contributed by atoms with E-state index in [1.54, 1.807) is 6.33 Å². The van der Waals surface area contributed by atoms with E-state index in [2.05, 4.69) is 50.9 Å². The highest BCUT2D eigenvalue weighted by Crippen LogP contribution is 2.23. The van der Waals surface area contributed by atoms with Crippen LogP contribution in [0.2, 0.25) is 0 Å². The van der Waals surface area contributed by atoms with Gasteiger partial charge in [0.2, 0.25) is 5.89 Å². The predicted octanol–water partition coefficient (Wildman–Crippen LogP) is 1.11. The van der Waals surface area contributed by atoms with E-state index >= 15 is 0 Å². The lowest BCUT2D eigenvalue weighted by Gasteiger charge is -2.37. The fourth-order valence-electron chi connectivity index (χ4n) is 2.90. The molecule has 1 atom stereocenters. The maximum Gasteiger partial charge on any atom is 0.245 e. The van der Waals surface area contributed by atoms with Gasteiger partial charge in [0.1, 0.15) is 18.2 Å². The number of likely N-dealkylation sites (N-methyl/N-ethyl adjacent to an activating group) is 1. The van der Waals surface area contributed by atoms with Crippen molar-refractivity contribution in [2.45, 2.75) is 39.9 Å². The molecule has 8 heteroatoms. The van der Waals surface area contributed by atoms with Crippen molar-refractivity contribution < 1.29 is 4.52 Å². The normalized spacial score (nSPS) is 20.5. The number of nitrogens with zero attached hydrogens (tertiary/aromatic N) is 7. The van der Waals surface area contributed by atoms with E-state index in [0.29, 0.717) is 17.6 Å². The number of hydrogen-bond donors (Lipinski definition) is 0. The van der Waals surface area contributed by atoms with Gasteiger partial charge in [0.15, 0.2) is 5.82 Å². The topological polar surface area (TPSA) is 76.1 Å². The van der Waals surface area contributed by atoms with Crippen LogP contribution in [0.3, 0.4) is 0 Å². The van der Waals surface area contributed by atoms with Crippen molar-refractivity contribution in [3.63, 3.8) is 0 Å². The van der Waals surface area contributed by atoms with Crippen LogP contribution in [0.15, 0.2) is 10.9 Å². The van der Waals surface area contributed by atoms with Gasteiger partial charge in [0.05, 0.1) is 6.54 Å². The van der Waals surface area contributed by atoms with Gasteiger partial charge in [-0.1, -0.05) is 19.0 Å². The van der Waals surface area contributed by atoms with Gasteiger partial charge in [-0.2, -0.15) is 10.1 Å². The number of aromatic nitrogens is 5. The summed E-state index contributed by atoms with van der Waals surface area (Å²) in [4.78, 5) is 13.5. The predicted molar refractivity (Wildman–Crippen MR) is 84.5 cm³/mol. The van der Waals surface area contributed by atoms with Gasteiger partial charge in [0, 0.05) is 26.2 Å². The number of hydrogen-bond acceptors (Lipinski definition) is 7. The molecule has 0 aliphatic carbocycles. The highest BCUT2D eigenvalue weighted by Gasteiger charge is 2.30. The summed E-state index contributed by atoms with van der Waals surface area (Å²) in [6, 6.07) is 0.131. The van der Waals surface area contributed by atoms with Crippen LogP contribution in [-0.4, -0.2) is 61.4 Å². The van der Waals surface area contributed by atoms with Gasteiger partial charge in [-0.15, -0.1) is 0 Å². The molecule has 3 heterocycles. The van der Waals surface area contributed by atoms with Gasteiger partial charge in [-0.05, 0) is 19.9 Å². The van der Waals surface area contributed by atoms with E-state index < -0.39 is 0 Å². The van der Waals surface area contributed by atoms with Crippen LogP contribution in [0.25, 0.3) is 0 Å². The Hall–Kier alpha value is -1.80. The Morgan fingerprint density at radius 1 is 1.35 bits per heavy atom. The molecule has 8 nitrogen and oxygen atoms in total. The lowest BCUT2D eigenvalue weighted by molar-refractivity contribution is 0.0689. The minimum atomic E-state index is 0.131. The standard InChI is InChI=1S/C15H25N7O/c1-11(2)7-22-14(16-10-17-22)9-21-6-5-20(4)13(8-21)15-18-12(3)19-23-15/h10-11,13H,5-9H2,1-4H3/t13-/m1/s1. The molecular weight excluding hydrogens is 294 g/mol. The van der Waals surface area contributed by atoms with Crippen LogP contribution in [0.5, 0.6) is 0 Å². The van der Waals surface area contributed by atoms with Crippen LogP contribution in [0.1, 0.15) is 37.4 Å². The van der Waals surface area contributed by atoms with E-state index in [9.17, 15) is 0 Å². The minimum absolute atomic E-state index is 0.131. The van der Waals surface area contributed by atoms with Gasteiger partial charge in [-0.3, -0.25) is 9.80 Å². The molecule has 0 amide bonds. The molecule has 3 rings (SSSR count). The molecule has 0 radical (unpaired) electrons. The summed E-state index contributed by atoms with van der Waals surface area (Å²) in [5.74, 6) is 2.95. The third-order valence-corrected chi connectivity index (χ3v) is 4.16. The van der Waals surface area contributed by atoms with Crippen LogP contribution in [-0.2, 0) is 13.1 Å². The average Bonchev–Trinajstić information content (AvgIpc) is 3.10. The van der Waals surface area contributed by atoms with Crippen LogP contribution in [0.4, 0.5) is 0 Å². The second-order valence-electron chi connectivity index (χ2n) is 6.66. The van der Waals surface area contributed by atoms with Crippen molar-refractivity contribution in [1.29, 1.82) is 0 Å². The zero-order chi connectivity index (χ0) is 16.4. The third kappa shape index (κ3) is 3.76. The molecular formula is C15H25N7O. The Kier molecular flexibility index (Phi) is 4.72. The molecule has 2 aromatic rings. The summed E-state index contributed by atoms with van der Waals surface area (Å²) in [5, 5.41) is 8.26. The summed E-state index contributed by atoms with van der Waals surface area (Å²) >= 11 is 0. The molecule has 0 N–H and O–H groups in total. The van der Waals surface area contributed by atoms with Crippen molar-refractivity contribution in [3.8, 4) is 0 Å². The van der Waals surface area contributed by atoms with Gasteiger partial charge in [0.25, 0.3) is 0 Å². The first-order valence-corrected chi connectivity index (χ1v) is 8.12. The second kappa shape index (κ2) is 6.76. The zero-order valence-corrected chi connectivity index (χ0v) is 14.3. The van der Waals surface area contributed by atoms with E-state index in [-0.39, 0.29) is 6.04 Å². The highest BCUT2D eigenvalue weighted by molar-refractivity contribution is 4.97. The summed E-state index contributed by atoms with van der Waals surface area (Å²) in [7, 11) is 2.10. The third-order valence-electron chi connectivity index (χ3n) is 4.16. The Bertz CT molecular complexity index is 635. The average molecular weight is 319 g/mol. The Morgan fingerprint density at radius 3 is 2.87 bits per heavy atom. The summed E-state index contributed by atoms with van der Waals surface area (Å²) in [6.45, 7) is 10.7. The zero-order valence-electron chi connectivity index (χ0n) is 14.3. The van der Waals surface area contributed by atoms with Crippen molar-refractivity contribution in [2.24, 2.45) is 5.92 Å². The SMILES string of the molecule is Cc1noc([C@H]2CN(Cc3ncnn3CC(C)C)CCN2C)n1. The van der Waals surface area contributed by atoms with Gasteiger partial charge < -0.3 is 4.52 Å². The van der Waals surface area contributed by atoms with Crippen LogP contribution < -0.4 is 0 Å². The van der Waals surface area contributed by atoms with E-state index in [1.807, 2.05) is 11.6 Å². The molecule has 23 heavy (non-hydrogen) atoms. The first-order valence-electron chi connectivity index (χ1n) is 8.12. The first-order chi connectivity index (χ1) is 11.0. The summed E-state index contributed by atoms with van der Waals surface area (Å²) < 4.78 is 7.38. The molecule has 1 fully saturated rings. The molecule has 126 valence electrons. The summed E-state index contributed by atoms with van der Waals surface area (Å²) in [6.07, 6.45) is 1.65. The molecule has 0 aromatic carbocycles. The Balaban J connectivity index is 1.68. The second-order valence-corrected chi connectivity index (χ2v) is 6.66. The highest BCUT2D eigenvalue weighted by atomic mass is 16.5. The smallest absolute Gasteiger partial charge is 0.245 e. The molecule has 0 bridgehead atoms. The Labute approximate surface area is 136 Å². The van der Waals surface area contributed by atoms with Gasteiger partial charge >= 0.3 is 0 Å². The molecule has 2 aromatic heterocycles. The number of piperazine rings is 1. The molecule has 0 unspecified atom stereocenters. The monoisotopic (exact) mass is 319 g/mol. The van der Waals surface area contributed by atoms with Crippen molar-refractivity contribution in [3.05, 3.63) is 23.9 Å². The molecule has 1 aliphatic rings. The molecule has 0 spiro atoms. The number of rotatable bonds is 5.